The van der Waals surface area contributed by atoms with Gasteiger partial charge in [-0.3, -0.25) is 4.79 Å². The van der Waals surface area contributed by atoms with E-state index in [4.69, 9.17) is 9.47 Å². The number of nitrogens with zero attached hydrogens (tertiary/aromatic N) is 1. The summed E-state index contributed by atoms with van der Waals surface area (Å²) in [4.78, 5) is 14.0. The fourth-order valence-electron chi connectivity index (χ4n) is 6.13. The van der Waals surface area contributed by atoms with E-state index in [2.05, 4.69) is 55.3 Å². The minimum atomic E-state index is -0.474. The molecule has 4 unspecified atom stereocenters. The highest BCUT2D eigenvalue weighted by atomic mass is 16.7. The summed E-state index contributed by atoms with van der Waals surface area (Å²) < 4.78 is 13.5. The summed E-state index contributed by atoms with van der Waals surface area (Å²) in [5.41, 5.74) is 4.06. The Balaban J connectivity index is 1.75. The van der Waals surface area contributed by atoms with Crippen LogP contribution in [0.25, 0.3) is 0 Å². The van der Waals surface area contributed by atoms with Crippen molar-refractivity contribution >= 4 is 5.91 Å². The fraction of sp³-hybridized carbons (Fsp3) is 0.658. The lowest BCUT2D eigenvalue weighted by atomic mass is 9.90. The number of unbranched alkanes of at least 4 members (excludes halogenated alkanes) is 10. The maximum atomic E-state index is 11.4. The van der Waals surface area contributed by atoms with Crippen LogP contribution in [0.5, 0.6) is 0 Å². The van der Waals surface area contributed by atoms with Gasteiger partial charge in [-0.2, -0.15) is 0 Å². The summed E-state index contributed by atoms with van der Waals surface area (Å²) in [6.07, 6.45) is 15.1. The fourth-order valence-corrected chi connectivity index (χ4v) is 6.13. The number of hydrogen-bond donors (Lipinski definition) is 2. The SMILES string of the molecule is CCCCCCCCN(CCCCCCCC)CC1OC(c2ccc(CNC(C)=O)cc2)OC(c2ccc(CO)cc2)C1C. The second kappa shape index (κ2) is 20.7. The molecule has 6 nitrogen and oxygen atoms in total. The minimum absolute atomic E-state index is 0.0236. The quantitative estimate of drug-likeness (QED) is 0.139. The third-order valence-electron chi connectivity index (χ3n) is 9.01. The van der Waals surface area contributed by atoms with Crippen LogP contribution >= 0.6 is 0 Å². The number of hydrogen-bond acceptors (Lipinski definition) is 5. The maximum Gasteiger partial charge on any atom is 0.217 e. The van der Waals surface area contributed by atoms with Gasteiger partial charge < -0.3 is 24.8 Å². The van der Waals surface area contributed by atoms with E-state index in [0.717, 1.165) is 41.9 Å². The van der Waals surface area contributed by atoms with E-state index in [-0.39, 0.29) is 30.6 Å². The molecule has 1 aliphatic rings. The van der Waals surface area contributed by atoms with E-state index < -0.39 is 6.29 Å². The molecule has 0 spiro atoms. The number of aliphatic hydroxyl groups excluding tert-OH is 1. The molecule has 246 valence electrons. The molecule has 1 amide bonds. The Bertz CT molecular complexity index is 1030. The highest BCUT2D eigenvalue weighted by molar-refractivity contribution is 5.72. The molecule has 6 heteroatoms. The van der Waals surface area contributed by atoms with Crippen LogP contribution in [0, 0.1) is 5.92 Å². The molecule has 1 saturated heterocycles. The first-order valence-electron chi connectivity index (χ1n) is 17.5. The van der Waals surface area contributed by atoms with Crippen LogP contribution in [0.1, 0.15) is 139 Å². The van der Waals surface area contributed by atoms with Crippen LogP contribution in [0.4, 0.5) is 0 Å². The number of nitrogens with one attached hydrogen (secondary N) is 1. The van der Waals surface area contributed by atoms with Crippen molar-refractivity contribution in [3.63, 3.8) is 0 Å². The highest BCUT2D eigenvalue weighted by Crippen LogP contribution is 2.42. The third kappa shape index (κ3) is 12.6. The molecular weight excluding hydrogens is 548 g/mol. The van der Waals surface area contributed by atoms with Crippen LogP contribution < -0.4 is 5.32 Å². The average Bonchev–Trinajstić information content (AvgIpc) is 3.04. The molecule has 2 N–H and O–H groups in total. The van der Waals surface area contributed by atoms with Gasteiger partial charge in [-0.25, -0.2) is 0 Å². The molecule has 3 rings (SSSR count). The summed E-state index contributed by atoms with van der Waals surface area (Å²) in [5.74, 6) is 0.133. The van der Waals surface area contributed by atoms with Crippen LogP contribution in [0.2, 0.25) is 0 Å². The van der Waals surface area contributed by atoms with Gasteiger partial charge in [-0.05, 0) is 42.6 Å². The average molecular weight is 609 g/mol. The number of ether oxygens (including phenoxy) is 2. The summed E-state index contributed by atoms with van der Waals surface area (Å²) in [5, 5.41) is 12.5. The van der Waals surface area contributed by atoms with Gasteiger partial charge in [-0.1, -0.05) is 134 Å². The summed E-state index contributed by atoms with van der Waals surface area (Å²) in [7, 11) is 0. The maximum absolute atomic E-state index is 11.4. The van der Waals surface area contributed by atoms with Gasteiger partial charge in [0.2, 0.25) is 5.91 Å². The molecule has 4 atom stereocenters. The molecule has 0 bridgehead atoms. The summed E-state index contributed by atoms with van der Waals surface area (Å²) in [6.45, 7) is 12.0. The summed E-state index contributed by atoms with van der Waals surface area (Å²) in [6, 6.07) is 16.4. The Morgan fingerprint density at radius 3 is 1.82 bits per heavy atom. The minimum Gasteiger partial charge on any atom is -0.392 e. The first-order valence-corrected chi connectivity index (χ1v) is 17.5. The highest BCUT2D eigenvalue weighted by Gasteiger charge is 2.39. The standard InChI is InChI=1S/C38H60N2O4/c1-5-7-9-11-13-15-25-40(26-16-14-12-10-8-6-2)28-36-30(3)37(34-21-19-33(29-41)20-22-34)44-38(43-36)35-23-17-32(18-24-35)27-39-31(4)42/h17-24,30,36-38,41H,5-16,25-29H2,1-4H3,(H,39,42). The molecule has 44 heavy (non-hydrogen) atoms. The van der Waals surface area contributed by atoms with E-state index in [0.29, 0.717) is 6.54 Å². The first-order chi connectivity index (χ1) is 21.4. The van der Waals surface area contributed by atoms with Crippen molar-refractivity contribution < 1.29 is 19.4 Å². The number of aliphatic hydroxyl groups is 1. The van der Waals surface area contributed by atoms with Crippen molar-refractivity contribution in [2.45, 2.75) is 136 Å². The topological polar surface area (TPSA) is 71.0 Å². The van der Waals surface area contributed by atoms with E-state index in [9.17, 15) is 9.90 Å². The number of carbonyl (C=O) groups is 1. The molecule has 2 aromatic carbocycles. The normalized spacial score (nSPS) is 20.2. The lowest BCUT2D eigenvalue weighted by molar-refractivity contribution is -0.276. The lowest BCUT2D eigenvalue weighted by Gasteiger charge is -2.43. The molecule has 1 fully saturated rings. The number of benzene rings is 2. The lowest BCUT2D eigenvalue weighted by Crippen LogP contribution is -2.45. The Morgan fingerprint density at radius 1 is 0.750 bits per heavy atom. The van der Waals surface area contributed by atoms with Gasteiger partial charge in [0.1, 0.15) is 0 Å². The van der Waals surface area contributed by atoms with Gasteiger partial charge >= 0.3 is 0 Å². The predicted octanol–water partition coefficient (Wildman–Crippen LogP) is 8.63. The van der Waals surface area contributed by atoms with Gasteiger partial charge in [-0.15, -0.1) is 0 Å². The van der Waals surface area contributed by atoms with Gasteiger partial charge in [0.25, 0.3) is 0 Å². The first kappa shape index (κ1) is 36.2. The molecule has 0 aliphatic carbocycles. The van der Waals surface area contributed by atoms with Crippen molar-refractivity contribution in [3.8, 4) is 0 Å². The monoisotopic (exact) mass is 608 g/mol. The van der Waals surface area contributed by atoms with Crippen molar-refractivity contribution in [1.82, 2.24) is 10.2 Å². The smallest absolute Gasteiger partial charge is 0.217 e. The zero-order valence-corrected chi connectivity index (χ0v) is 28.1. The number of rotatable bonds is 21. The van der Waals surface area contributed by atoms with Crippen LogP contribution in [-0.4, -0.2) is 41.7 Å². The number of carbonyl (C=O) groups excluding carboxylic acids is 1. The molecule has 0 aromatic heterocycles. The Morgan fingerprint density at radius 2 is 1.27 bits per heavy atom. The van der Waals surface area contributed by atoms with Gasteiger partial charge in [0.05, 0.1) is 18.8 Å². The predicted molar refractivity (Wildman–Crippen MR) is 180 cm³/mol. The van der Waals surface area contributed by atoms with Gasteiger partial charge in [0, 0.05) is 31.5 Å². The molecular formula is C38H60N2O4. The van der Waals surface area contributed by atoms with Crippen LogP contribution in [0.3, 0.4) is 0 Å². The molecule has 1 heterocycles. The second-order valence-corrected chi connectivity index (χ2v) is 12.8. The Kier molecular flexibility index (Phi) is 17.1. The largest absolute Gasteiger partial charge is 0.392 e. The zero-order valence-electron chi connectivity index (χ0n) is 28.1. The van der Waals surface area contributed by atoms with Crippen LogP contribution in [-0.2, 0) is 27.4 Å². The van der Waals surface area contributed by atoms with E-state index in [1.165, 1.54) is 84.0 Å². The van der Waals surface area contributed by atoms with Crippen molar-refractivity contribution in [3.05, 3.63) is 70.8 Å². The Hall–Kier alpha value is -2.25. The van der Waals surface area contributed by atoms with Crippen LogP contribution in [0.15, 0.2) is 48.5 Å². The number of amides is 1. The molecule has 2 aromatic rings. The summed E-state index contributed by atoms with van der Waals surface area (Å²) >= 11 is 0. The molecule has 0 saturated carbocycles. The van der Waals surface area contributed by atoms with E-state index in [1.54, 1.807) is 0 Å². The van der Waals surface area contributed by atoms with Gasteiger partial charge in [0.15, 0.2) is 6.29 Å². The van der Waals surface area contributed by atoms with Crippen molar-refractivity contribution in [2.24, 2.45) is 5.92 Å². The molecule has 0 radical (unpaired) electrons. The second-order valence-electron chi connectivity index (χ2n) is 12.8. The zero-order chi connectivity index (χ0) is 31.6. The van der Waals surface area contributed by atoms with E-state index in [1.807, 2.05) is 24.3 Å². The third-order valence-corrected chi connectivity index (χ3v) is 9.01. The van der Waals surface area contributed by atoms with Crippen molar-refractivity contribution in [1.29, 1.82) is 0 Å². The molecule has 1 aliphatic heterocycles. The van der Waals surface area contributed by atoms with E-state index >= 15 is 0 Å². The Labute approximate surface area is 267 Å². The van der Waals surface area contributed by atoms with Crippen molar-refractivity contribution in [2.75, 3.05) is 19.6 Å².